The van der Waals surface area contributed by atoms with Gasteiger partial charge in [0.2, 0.25) is 0 Å². The molecule has 0 bridgehead atoms. The SMILES string of the molecule is CCCCCCCCCC1OC1CCCCO. The molecule has 0 amide bonds. The van der Waals surface area contributed by atoms with E-state index in [2.05, 4.69) is 6.92 Å². The third-order valence-electron chi connectivity index (χ3n) is 3.68. The summed E-state index contributed by atoms with van der Waals surface area (Å²) >= 11 is 0. The van der Waals surface area contributed by atoms with E-state index in [-0.39, 0.29) is 0 Å². The number of hydrogen-bond acceptors (Lipinski definition) is 2. The van der Waals surface area contributed by atoms with Gasteiger partial charge in [-0.05, 0) is 25.7 Å². The van der Waals surface area contributed by atoms with E-state index in [0.717, 1.165) is 19.3 Å². The standard InChI is InChI=1S/C15H30O2/c1-2-3-4-5-6-7-8-11-14-15(17-14)12-9-10-13-16/h14-16H,2-13H2,1H3. The third kappa shape index (κ3) is 7.77. The summed E-state index contributed by atoms with van der Waals surface area (Å²) in [5.74, 6) is 0. The highest BCUT2D eigenvalue weighted by Gasteiger charge is 2.36. The topological polar surface area (TPSA) is 32.8 Å². The fourth-order valence-electron chi connectivity index (χ4n) is 2.45. The molecule has 0 aromatic heterocycles. The van der Waals surface area contributed by atoms with Crippen molar-refractivity contribution in [3.05, 3.63) is 0 Å². The Kier molecular flexibility index (Phi) is 8.72. The third-order valence-corrected chi connectivity index (χ3v) is 3.68. The summed E-state index contributed by atoms with van der Waals surface area (Å²) in [6.07, 6.45) is 15.3. The van der Waals surface area contributed by atoms with Crippen LogP contribution >= 0.6 is 0 Å². The molecule has 2 heteroatoms. The molecule has 1 aliphatic heterocycles. The molecule has 1 heterocycles. The van der Waals surface area contributed by atoms with Gasteiger partial charge in [-0.1, -0.05) is 51.9 Å². The van der Waals surface area contributed by atoms with Crippen LogP contribution in [0.15, 0.2) is 0 Å². The lowest BCUT2D eigenvalue weighted by molar-refractivity contribution is 0.278. The van der Waals surface area contributed by atoms with Crippen LogP contribution in [0, 0.1) is 0 Å². The second kappa shape index (κ2) is 9.90. The minimum atomic E-state index is 0.329. The zero-order chi connectivity index (χ0) is 12.3. The minimum absolute atomic E-state index is 0.329. The molecule has 0 aromatic carbocycles. The summed E-state index contributed by atoms with van der Waals surface area (Å²) in [5, 5.41) is 8.69. The lowest BCUT2D eigenvalue weighted by atomic mass is 10.0. The van der Waals surface area contributed by atoms with Gasteiger partial charge in [0, 0.05) is 6.61 Å². The molecule has 102 valence electrons. The van der Waals surface area contributed by atoms with Gasteiger partial charge in [0.05, 0.1) is 12.2 Å². The Hall–Kier alpha value is -0.0800. The van der Waals surface area contributed by atoms with E-state index in [1.807, 2.05) is 0 Å². The molecule has 1 rings (SSSR count). The average molecular weight is 242 g/mol. The van der Waals surface area contributed by atoms with Crippen molar-refractivity contribution >= 4 is 0 Å². The number of hydrogen-bond donors (Lipinski definition) is 1. The molecule has 0 saturated carbocycles. The Morgan fingerprint density at radius 1 is 0.765 bits per heavy atom. The highest BCUT2D eigenvalue weighted by Crippen LogP contribution is 2.31. The molecule has 0 radical (unpaired) electrons. The molecule has 2 unspecified atom stereocenters. The highest BCUT2D eigenvalue weighted by molar-refractivity contribution is 4.84. The monoisotopic (exact) mass is 242 g/mol. The van der Waals surface area contributed by atoms with Crippen molar-refractivity contribution in [2.24, 2.45) is 0 Å². The maximum absolute atomic E-state index is 8.69. The largest absolute Gasteiger partial charge is 0.396 e. The van der Waals surface area contributed by atoms with Crippen molar-refractivity contribution in [2.45, 2.75) is 89.8 Å². The van der Waals surface area contributed by atoms with Crippen molar-refractivity contribution in [3.8, 4) is 0 Å². The van der Waals surface area contributed by atoms with E-state index >= 15 is 0 Å². The van der Waals surface area contributed by atoms with Crippen molar-refractivity contribution in [3.63, 3.8) is 0 Å². The zero-order valence-corrected chi connectivity index (χ0v) is 11.5. The van der Waals surface area contributed by atoms with Crippen LogP contribution in [-0.4, -0.2) is 23.9 Å². The summed E-state index contributed by atoms with van der Waals surface area (Å²) in [7, 11) is 0. The smallest absolute Gasteiger partial charge is 0.0841 e. The predicted octanol–water partition coefficient (Wildman–Crippen LogP) is 4.06. The van der Waals surface area contributed by atoms with E-state index in [4.69, 9.17) is 9.84 Å². The van der Waals surface area contributed by atoms with Gasteiger partial charge in [-0.25, -0.2) is 0 Å². The van der Waals surface area contributed by atoms with Gasteiger partial charge in [0.1, 0.15) is 0 Å². The predicted molar refractivity (Wildman–Crippen MR) is 72.2 cm³/mol. The highest BCUT2D eigenvalue weighted by atomic mass is 16.6. The maximum atomic E-state index is 8.69. The second-order valence-electron chi connectivity index (χ2n) is 5.34. The second-order valence-corrected chi connectivity index (χ2v) is 5.34. The first kappa shape index (κ1) is 15.0. The molecule has 1 fully saturated rings. The van der Waals surface area contributed by atoms with Crippen LogP contribution in [0.25, 0.3) is 0 Å². The molecular formula is C15H30O2. The van der Waals surface area contributed by atoms with E-state index in [0.29, 0.717) is 18.8 Å². The van der Waals surface area contributed by atoms with E-state index < -0.39 is 0 Å². The minimum Gasteiger partial charge on any atom is -0.396 e. The molecule has 1 N–H and O–H groups in total. The molecular weight excluding hydrogens is 212 g/mol. The first-order valence-electron chi connectivity index (χ1n) is 7.64. The number of aliphatic hydroxyl groups is 1. The molecule has 2 nitrogen and oxygen atoms in total. The summed E-state index contributed by atoms with van der Waals surface area (Å²) in [5.41, 5.74) is 0. The Bertz CT molecular complexity index is 170. The average Bonchev–Trinajstić information content (AvgIpc) is 3.07. The van der Waals surface area contributed by atoms with Gasteiger partial charge in [0.15, 0.2) is 0 Å². The molecule has 1 saturated heterocycles. The molecule has 0 spiro atoms. The van der Waals surface area contributed by atoms with Crippen molar-refractivity contribution in [1.82, 2.24) is 0 Å². The van der Waals surface area contributed by atoms with Crippen molar-refractivity contribution < 1.29 is 9.84 Å². The van der Waals surface area contributed by atoms with E-state index in [9.17, 15) is 0 Å². The summed E-state index contributed by atoms with van der Waals surface area (Å²) in [6.45, 7) is 2.59. The van der Waals surface area contributed by atoms with Crippen LogP contribution in [0.3, 0.4) is 0 Å². The molecule has 17 heavy (non-hydrogen) atoms. The number of epoxide rings is 1. The van der Waals surface area contributed by atoms with Gasteiger partial charge in [-0.15, -0.1) is 0 Å². The van der Waals surface area contributed by atoms with Gasteiger partial charge in [0.25, 0.3) is 0 Å². The fraction of sp³-hybridized carbons (Fsp3) is 1.00. The van der Waals surface area contributed by atoms with Crippen LogP contribution in [0.1, 0.15) is 77.6 Å². The number of aliphatic hydroxyl groups excluding tert-OH is 1. The molecule has 1 aliphatic rings. The van der Waals surface area contributed by atoms with Crippen LogP contribution in [0.4, 0.5) is 0 Å². The summed E-state index contributed by atoms with van der Waals surface area (Å²) in [4.78, 5) is 0. The van der Waals surface area contributed by atoms with Crippen LogP contribution < -0.4 is 0 Å². The lowest BCUT2D eigenvalue weighted by Crippen LogP contribution is -1.95. The number of unbranched alkanes of at least 4 members (excludes halogenated alkanes) is 7. The van der Waals surface area contributed by atoms with E-state index in [1.54, 1.807) is 0 Å². The number of ether oxygens (including phenoxy) is 1. The quantitative estimate of drug-likeness (QED) is 0.413. The Morgan fingerprint density at radius 2 is 1.29 bits per heavy atom. The maximum Gasteiger partial charge on any atom is 0.0841 e. The van der Waals surface area contributed by atoms with E-state index in [1.165, 1.54) is 51.4 Å². The first-order chi connectivity index (χ1) is 8.38. The molecule has 2 atom stereocenters. The van der Waals surface area contributed by atoms with Gasteiger partial charge >= 0.3 is 0 Å². The van der Waals surface area contributed by atoms with Crippen LogP contribution in [-0.2, 0) is 4.74 Å². The lowest BCUT2D eigenvalue weighted by Gasteiger charge is -1.99. The van der Waals surface area contributed by atoms with Crippen LogP contribution in [0.5, 0.6) is 0 Å². The van der Waals surface area contributed by atoms with Crippen LogP contribution in [0.2, 0.25) is 0 Å². The summed E-state index contributed by atoms with van der Waals surface area (Å²) < 4.78 is 5.63. The Labute approximate surface area is 107 Å². The van der Waals surface area contributed by atoms with Crippen molar-refractivity contribution in [1.29, 1.82) is 0 Å². The van der Waals surface area contributed by atoms with Crippen molar-refractivity contribution in [2.75, 3.05) is 6.61 Å². The van der Waals surface area contributed by atoms with Gasteiger partial charge in [-0.3, -0.25) is 0 Å². The van der Waals surface area contributed by atoms with Gasteiger partial charge in [-0.2, -0.15) is 0 Å². The Balaban J connectivity index is 1.76. The Morgan fingerprint density at radius 3 is 1.88 bits per heavy atom. The fourth-order valence-corrected chi connectivity index (χ4v) is 2.45. The molecule has 0 aliphatic carbocycles. The zero-order valence-electron chi connectivity index (χ0n) is 11.5. The molecule has 0 aromatic rings. The van der Waals surface area contributed by atoms with Gasteiger partial charge < -0.3 is 9.84 Å². The number of rotatable bonds is 12. The normalized spacial score (nSPS) is 22.9. The first-order valence-corrected chi connectivity index (χ1v) is 7.64. The summed E-state index contributed by atoms with van der Waals surface area (Å²) in [6, 6.07) is 0.